The van der Waals surface area contributed by atoms with Crippen molar-refractivity contribution in [2.75, 3.05) is 0 Å². The SMILES string of the molecule is CC1(C)OI(OC(c2ccccc2)(C(F)(F)F)C(F)(F)F)c2ccccc21. The quantitative estimate of drug-likeness (QED) is 0.352. The molecule has 0 aliphatic carbocycles. The van der Waals surface area contributed by atoms with E-state index >= 15 is 0 Å². The van der Waals surface area contributed by atoms with Crippen LogP contribution in [0.3, 0.4) is 0 Å². The number of hydrogen-bond donors (Lipinski definition) is 0. The van der Waals surface area contributed by atoms with Gasteiger partial charge in [0.1, 0.15) is 0 Å². The van der Waals surface area contributed by atoms with Crippen LogP contribution in [0, 0.1) is 3.57 Å². The van der Waals surface area contributed by atoms with E-state index in [2.05, 4.69) is 0 Å². The molecule has 1 aliphatic heterocycles. The molecule has 0 N–H and O–H groups in total. The van der Waals surface area contributed by atoms with Crippen molar-refractivity contribution in [2.45, 2.75) is 37.4 Å². The van der Waals surface area contributed by atoms with Gasteiger partial charge in [0.2, 0.25) is 0 Å². The molecule has 0 saturated carbocycles. The van der Waals surface area contributed by atoms with E-state index in [1.807, 2.05) is 0 Å². The first-order chi connectivity index (χ1) is 12.4. The molecule has 3 rings (SSSR count). The molecule has 1 heterocycles. The maximum atomic E-state index is 13.9. The summed E-state index contributed by atoms with van der Waals surface area (Å²) in [5.41, 5.74) is -5.96. The molecule has 0 spiro atoms. The normalized spacial score (nSPS) is 18.4. The van der Waals surface area contributed by atoms with Crippen LogP contribution in [-0.2, 0) is 17.3 Å². The molecule has 1 aliphatic rings. The Labute approximate surface area is 160 Å². The second-order valence-corrected chi connectivity index (χ2v) is 9.69. The van der Waals surface area contributed by atoms with Crippen molar-refractivity contribution in [1.29, 1.82) is 0 Å². The first-order valence-electron chi connectivity index (χ1n) is 7.78. The van der Waals surface area contributed by atoms with E-state index in [4.69, 9.17) is 6.13 Å². The van der Waals surface area contributed by atoms with Gasteiger partial charge in [-0.3, -0.25) is 0 Å². The fourth-order valence-electron chi connectivity index (χ4n) is 2.80. The predicted molar refractivity (Wildman–Crippen MR) is 94.6 cm³/mol. The van der Waals surface area contributed by atoms with Gasteiger partial charge in [-0.2, -0.15) is 0 Å². The number of rotatable bonds is 3. The molecule has 148 valence electrons. The summed E-state index contributed by atoms with van der Waals surface area (Å²) in [6, 6.07) is 11.4. The van der Waals surface area contributed by atoms with Crippen LogP contribution >= 0.6 is 20.6 Å². The average molecular weight is 504 g/mol. The van der Waals surface area contributed by atoms with Gasteiger partial charge in [0.05, 0.1) is 0 Å². The maximum absolute atomic E-state index is 13.9. The van der Waals surface area contributed by atoms with Gasteiger partial charge in [0.25, 0.3) is 0 Å². The summed E-state index contributed by atoms with van der Waals surface area (Å²) in [4.78, 5) is 0. The topological polar surface area (TPSA) is 18.5 Å². The molecule has 0 radical (unpaired) electrons. The third-order valence-corrected chi connectivity index (χ3v) is 8.57. The van der Waals surface area contributed by atoms with Crippen LogP contribution in [0.5, 0.6) is 0 Å². The van der Waals surface area contributed by atoms with E-state index in [1.54, 1.807) is 32.0 Å². The van der Waals surface area contributed by atoms with Gasteiger partial charge in [0.15, 0.2) is 0 Å². The molecular formula is C18H15F6IO2. The fourth-order valence-corrected chi connectivity index (χ4v) is 7.76. The number of benzene rings is 2. The summed E-state index contributed by atoms with van der Waals surface area (Å²) in [6.07, 6.45) is -11.5. The van der Waals surface area contributed by atoms with Crippen LogP contribution in [0.2, 0.25) is 0 Å². The van der Waals surface area contributed by atoms with Gasteiger partial charge in [0, 0.05) is 0 Å². The van der Waals surface area contributed by atoms with E-state index < -0.39 is 49.8 Å². The van der Waals surface area contributed by atoms with E-state index in [0.717, 1.165) is 24.3 Å². The Bertz CT molecular complexity index is 803. The van der Waals surface area contributed by atoms with Crippen molar-refractivity contribution in [1.82, 2.24) is 0 Å². The third-order valence-electron chi connectivity index (χ3n) is 4.12. The summed E-state index contributed by atoms with van der Waals surface area (Å²) in [5.74, 6) is 0. The summed E-state index contributed by atoms with van der Waals surface area (Å²) >= 11 is -3.76. The van der Waals surface area contributed by atoms with Crippen molar-refractivity contribution < 1.29 is 32.5 Å². The fraction of sp³-hybridized carbons (Fsp3) is 0.333. The monoisotopic (exact) mass is 504 g/mol. The Kier molecular flexibility index (Phi) is 5.01. The van der Waals surface area contributed by atoms with Gasteiger partial charge >= 0.3 is 160 Å². The van der Waals surface area contributed by atoms with Crippen molar-refractivity contribution in [2.24, 2.45) is 0 Å². The second-order valence-electron chi connectivity index (χ2n) is 6.40. The molecule has 2 aromatic rings. The van der Waals surface area contributed by atoms with E-state index in [0.29, 0.717) is 9.13 Å². The van der Waals surface area contributed by atoms with Crippen LogP contribution in [0.25, 0.3) is 0 Å². The van der Waals surface area contributed by atoms with Gasteiger partial charge in [-0.15, -0.1) is 0 Å². The van der Waals surface area contributed by atoms with E-state index in [-0.39, 0.29) is 0 Å². The zero-order valence-corrected chi connectivity index (χ0v) is 16.3. The molecular weight excluding hydrogens is 489 g/mol. The summed E-state index contributed by atoms with van der Waals surface area (Å²) in [7, 11) is 0. The average Bonchev–Trinajstić information content (AvgIpc) is 2.82. The minimum atomic E-state index is -5.73. The Morgan fingerprint density at radius 1 is 0.815 bits per heavy atom. The standard InChI is InChI=1S/C18H15F6IO2/c1-15(2)13-10-6-7-11-14(13)25(26-15)27-16(17(19,20)21,18(22,23)24)12-8-4-3-5-9-12/h3-11H,1-2H3. The van der Waals surface area contributed by atoms with Gasteiger partial charge in [-0.1, -0.05) is 0 Å². The van der Waals surface area contributed by atoms with Gasteiger partial charge < -0.3 is 0 Å². The molecule has 2 nitrogen and oxygen atoms in total. The Hall–Kier alpha value is -1.33. The minimum absolute atomic E-state index is 0.292. The zero-order chi connectivity index (χ0) is 20.1. The molecule has 0 aromatic heterocycles. The molecule has 9 heteroatoms. The molecule has 0 bridgehead atoms. The number of halogens is 7. The molecule has 0 atom stereocenters. The summed E-state index contributed by atoms with van der Waals surface area (Å²) in [5, 5.41) is 0. The zero-order valence-electron chi connectivity index (χ0n) is 14.2. The van der Waals surface area contributed by atoms with Crippen molar-refractivity contribution >= 4 is 20.6 Å². The van der Waals surface area contributed by atoms with Crippen molar-refractivity contribution in [3.8, 4) is 0 Å². The molecule has 2 aromatic carbocycles. The Morgan fingerprint density at radius 2 is 1.33 bits per heavy atom. The summed E-state index contributed by atoms with van der Waals surface area (Å²) in [6.45, 7) is 3.19. The Balaban J connectivity index is 2.17. The third kappa shape index (κ3) is 3.33. The van der Waals surface area contributed by atoms with Crippen LogP contribution in [0.4, 0.5) is 26.3 Å². The van der Waals surface area contributed by atoms with Gasteiger partial charge in [-0.05, 0) is 0 Å². The first-order valence-corrected chi connectivity index (χ1v) is 10.6. The Morgan fingerprint density at radius 3 is 1.89 bits per heavy atom. The van der Waals surface area contributed by atoms with Crippen LogP contribution < -0.4 is 0 Å². The van der Waals surface area contributed by atoms with Gasteiger partial charge in [-0.25, -0.2) is 0 Å². The number of hydrogen-bond acceptors (Lipinski definition) is 2. The van der Waals surface area contributed by atoms with Crippen LogP contribution in [-0.4, -0.2) is 12.4 Å². The van der Waals surface area contributed by atoms with E-state index in [9.17, 15) is 26.3 Å². The summed E-state index contributed by atoms with van der Waals surface area (Å²) < 4.78 is 94.3. The van der Waals surface area contributed by atoms with Crippen LogP contribution in [0.15, 0.2) is 54.6 Å². The molecule has 0 unspecified atom stereocenters. The second kappa shape index (κ2) is 6.63. The molecule has 0 amide bonds. The number of fused-ring (bicyclic) bond motifs is 1. The van der Waals surface area contributed by atoms with Crippen LogP contribution in [0.1, 0.15) is 25.0 Å². The van der Waals surface area contributed by atoms with Crippen molar-refractivity contribution in [3.05, 3.63) is 69.3 Å². The molecule has 27 heavy (non-hydrogen) atoms. The first kappa shape index (κ1) is 20.4. The molecule has 0 fully saturated rings. The van der Waals surface area contributed by atoms with Crippen molar-refractivity contribution in [3.63, 3.8) is 0 Å². The van der Waals surface area contributed by atoms with E-state index in [1.165, 1.54) is 12.1 Å². The molecule has 0 saturated heterocycles. The predicted octanol–water partition coefficient (Wildman–Crippen LogP) is 6.49. The number of alkyl halides is 6.